The summed E-state index contributed by atoms with van der Waals surface area (Å²) < 4.78 is 12.3. The summed E-state index contributed by atoms with van der Waals surface area (Å²) in [5.41, 5.74) is 2.64. The Morgan fingerprint density at radius 3 is 2.63 bits per heavy atom. The van der Waals surface area contributed by atoms with Crippen LogP contribution in [-0.2, 0) is 16.1 Å². The van der Waals surface area contributed by atoms with Crippen molar-refractivity contribution in [2.24, 2.45) is 4.99 Å². The number of hydrogen-bond acceptors (Lipinski definition) is 4. The zero-order valence-electron chi connectivity index (χ0n) is 15.4. The highest BCUT2D eigenvalue weighted by Gasteiger charge is 2.24. The van der Waals surface area contributed by atoms with Crippen LogP contribution in [0.2, 0.25) is 10.0 Å². The first-order valence-corrected chi connectivity index (χ1v) is 10.8. The second-order valence-electron chi connectivity index (χ2n) is 6.46. The van der Waals surface area contributed by atoms with Crippen LogP contribution in [0.1, 0.15) is 16.7 Å². The lowest BCUT2D eigenvalue weighted by atomic mass is 10.2. The van der Waals surface area contributed by atoms with E-state index in [0.717, 1.165) is 14.7 Å². The summed E-state index contributed by atoms with van der Waals surface area (Å²) in [5, 5.41) is 0.784. The molecule has 7 heteroatoms. The first-order valence-electron chi connectivity index (χ1n) is 8.93. The van der Waals surface area contributed by atoms with E-state index in [0.29, 0.717) is 28.0 Å². The molecule has 0 amide bonds. The van der Waals surface area contributed by atoms with E-state index in [1.807, 2.05) is 42.5 Å². The predicted octanol–water partition coefficient (Wildman–Crippen LogP) is 6.52. The van der Waals surface area contributed by atoms with E-state index >= 15 is 0 Å². The van der Waals surface area contributed by atoms with Gasteiger partial charge in [-0.25, -0.2) is 9.79 Å². The highest BCUT2D eigenvalue weighted by Crippen LogP contribution is 2.26. The fourth-order valence-corrected chi connectivity index (χ4v) is 3.71. The van der Waals surface area contributed by atoms with Crippen molar-refractivity contribution < 1.29 is 14.3 Å². The average molecular weight is 550 g/mol. The minimum Gasteiger partial charge on any atom is -0.489 e. The zero-order valence-corrected chi connectivity index (χ0v) is 19.1. The molecule has 4 nitrogen and oxygen atoms in total. The van der Waals surface area contributed by atoms with Gasteiger partial charge in [-0.1, -0.05) is 47.5 Å². The molecule has 4 rings (SSSR count). The van der Waals surface area contributed by atoms with Gasteiger partial charge >= 0.3 is 5.97 Å². The van der Waals surface area contributed by atoms with Crippen LogP contribution in [0.5, 0.6) is 5.75 Å². The second kappa shape index (κ2) is 9.20. The highest BCUT2D eigenvalue weighted by atomic mass is 127. The van der Waals surface area contributed by atoms with Crippen LogP contribution in [0.25, 0.3) is 6.08 Å². The normalized spacial score (nSPS) is 14.6. The number of carbonyl (C=O) groups excluding carboxylic acids is 1. The molecule has 0 atom stereocenters. The third-order valence-electron chi connectivity index (χ3n) is 4.24. The van der Waals surface area contributed by atoms with Crippen molar-refractivity contribution in [3.63, 3.8) is 0 Å². The third kappa shape index (κ3) is 5.03. The van der Waals surface area contributed by atoms with Crippen LogP contribution in [0.15, 0.2) is 77.4 Å². The lowest BCUT2D eigenvalue weighted by Gasteiger charge is -2.07. The SMILES string of the molecule is O=C1OC(c2ccc(Cl)c(Cl)c2)=N/C1=C\c1cccc(OCc2cccc(I)c2)c1. The fraction of sp³-hybridized carbons (Fsp3) is 0.0435. The minimum absolute atomic E-state index is 0.191. The van der Waals surface area contributed by atoms with Gasteiger partial charge in [0.05, 0.1) is 10.0 Å². The van der Waals surface area contributed by atoms with Crippen LogP contribution in [0.4, 0.5) is 0 Å². The lowest BCUT2D eigenvalue weighted by Crippen LogP contribution is -2.05. The number of esters is 1. The Balaban J connectivity index is 1.52. The van der Waals surface area contributed by atoms with E-state index in [4.69, 9.17) is 32.7 Å². The highest BCUT2D eigenvalue weighted by molar-refractivity contribution is 14.1. The number of nitrogens with zero attached hydrogens (tertiary/aromatic N) is 1. The molecule has 0 spiro atoms. The summed E-state index contributed by atoms with van der Waals surface area (Å²) in [7, 11) is 0. The Morgan fingerprint density at radius 2 is 1.83 bits per heavy atom. The van der Waals surface area contributed by atoms with E-state index in [1.54, 1.807) is 24.3 Å². The van der Waals surface area contributed by atoms with Gasteiger partial charge in [0.25, 0.3) is 0 Å². The van der Waals surface area contributed by atoms with E-state index in [1.165, 1.54) is 0 Å². The van der Waals surface area contributed by atoms with Gasteiger partial charge < -0.3 is 9.47 Å². The maximum Gasteiger partial charge on any atom is 0.363 e. The molecular formula is C23H14Cl2INO3. The van der Waals surface area contributed by atoms with Crippen LogP contribution < -0.4 is 4.74 Å². The molecule has 1 aliphatic rings. The summed E-state index contributed by atoms with van der Waals surface area (Å²) >= 11 is 14.2. The first kappa shape index (κ1) is 20.9. The topological polar surface area (TPSA) is 47.9 Å². The van der Waals surface area contributed by atoms with Gasteiger partial charge in [0.2, 0.25) is 5.90 Å². The Hall–Kier alpha value is -2.35. The molecule has 0 saturated heterocycles. The molecule has 0 bridgehead atoms. The van der Waals surface area contributed by atoms with Crippen molar-refractivity contribution in [2.45, 2.75) is 6.61 Å². The lowest BCUT2D eigenvalue weighted by molar-refractivity contribution is -0.129. The summed E-state index contributed by atoms with van der Waals surface area (Å²) in [5.74, 6) is 0.361. The molecule has 0 fully saturated rings. The van der Waals surface area contributed by atoms with E-state index < -0.39 is 5.97 Å². The summed E-state index contributed by atoms with van der Waals surface area (Å²) in [4.78, 5) is 16.5. The van der Waals surface area contributed by atoms with Crippen LogP contribution in [0.3, 0.4) is 0 Å². The van der Waals surface area contributed by atoms with Crippen molar-refractivity contribution in [3.05, 3.63) is 103 Å². The number of halogens is 3. The maximum absolute atomic E-state index is 12.2. The Kier molecular flexibility index (Phi) is 6.41. The number of carbonyl (C=O) groups is 1. The Morgan fingerprint density at radius 1 is 1.00 bits per heavy atom. The van der Waals surface area contributed by atoms with Crippen molar-refractivity contribution >= 4 is 63.7 Å². The van der Waals surface area contributed by atoms with Gasteiger partial charge in [-0.15, -0.1) is 0 Å². The van der Waals surface area contributed by atoms with Crippen LogP contribution >= 0.6 is 45.8 Å². The molecule has 0 radical (unpaired) electrons. The molecule has 0 aromatic heterocycles. The maximum atomic E-state index is 12.2. The first-order chi connectivity index (χ1) is 14.5. The molecule has 1 aliphatic heterocycles. The largest absolute Gasteiger partial charge is 0.489 e. The van der Waals surface area contributed by atoms with Gasteiger partial charge in [-0.2, -0.15) is 0 Å². The number of benzene rings is 3. The molecule has 0 aliphatic carbocycles. The number of hydrogen-bond donors (Lipinski definition) is 0. The number of aliphatic imine (C=N–C) groups is 1. The van der Waals surface area contributed by atoms with E-state index in [-0.39, 0.29) is 11.6 Å². The van der Waals surface area contributed by atoms with E-state index in [9.17, 15) is 4.79 Å². The third-order valence-corrected chi connectivity index (χ3v) is 5.65. The molecule has 0 saturated carbocycles. The number of ether oxygens (including phenoxy) is 2. The van der Waals surface area contributed by atoms with Gasteiger partial charge in [0, 0.05) is 9.13 Å². The minimum atomic E-state index is -0.527. The van der Waals surface area contributed by atoms with E-state index in [2.05, 4.69) is 33.6 Å². The van der Waals surface area contributed by atoms with Crippen LogP contribution in [-0.4, -0.2) is 11.9 Å². The van der Waals surface area contributed by atoms with Crippen molar-refractivity contribution in [3.8, 4) is 5.75 Å². The molecule has 3 aromatic carbocycles. The quantitative estimate of drug-likeness (QED) is 0.207. The number of cyclic esters (lactones) is 1. The fourth-order valence-electron chi connectivity index (χ4n) is 2.81. The molecule has 0 N–H and O–H groups in total. The zero-order chi connectivity index (χ0) is 21.1. The summed E-state index contributed by atoms with van der Waals surface area (Å²) in [6, 6.07) is 20.5. The second-order valence-corrected chi connectivity index (χ2v) is 8.52. The summed E-state index contributed by atoms with van der Waals surface area (Å²) in [6.07, 6.45) is 1.66. The molecule has 30 heavy (non-hydrogen) atoms. The predicted molar refractivity (Wildman–Crippen MR) is 127 cm³/mol. The number of rotatable bonds is 5. The molecule has 1 heterocycles. The van der Waals surface area contributed by atoms with Gasteiger partial charge in [0.15, 0.2) is 5.70 Å². The smallest absolute Gasteiger partial charge is 0.363 e. The Bertz CT molecular complexity index is 1190. The Labute approximate surface area is 197 Å². The van der Waals surface area contributed by atoms with Crippen molar-refractivity contribution in [2.75, 3.05) is 0 Å². The standard InChI is InChI=1S/C23H14Cl2INO3/c24-19-8-7-16(12-20(19)25)22-27-21(23(28)30-22)11-14-3-2-6-18(10-14)29-13-15-4-1-5-17(26)9-15/h1-12H,13H2/b21-11-. The van der Waals surface area contributed by atoms with Crippen molar-refractivity contribution in [1.82, 2.24) is 0 Å². The summed E-state index contributed by atoms with van der Waals surface area (Å²) in [6.45, 7) is 0.457. The monoisotopic (exact) mass is 549 g/mol. The molecular weight excluding hydrogens is 536 g/mol. The molecule has 3 aromatic rings. The average Bonchev–Trinajstić information content (AvgIpc) is 3.09. The van der Waals surface area contributed by atoms with Crippen LogP contribution in [0, 0.1) is 3.57 Å². The van der Waals surface area contributed by atoms with Crippen molar-refractivity contribution in [1.29, 1.82) is 0 Å². The van der Waals surface area contributed by atoms with Gasteiger partial charge in [-0.3, -0.25) is 0 Å². The van der Waals surface area contributed by atoms with Gasteiger partial charge in [-0.05, 0) is 82.3 Å². The molecule has 150 valence electrons. The molecule has 0 unspecified atom stereocenters. The van der Waals surface area contributed by atoms with Gasteiger partial charge in [0.1, 0.15) is 12.4 Å².